The van der Waals surface area contributed by atoms with Crippen molar-refractivity contribution in [2.75, 3.05) is 19.6 Å². The third-order valence-corrected chi connectivity index (χ3v) is 3.82. The summed E-state index contributed by atoms with van der Waals surface area (Å²) in [4.78, 5) is 14.7. The third kappa shape index (κ3) is 4.09. The van der Waals surface area contributed by atoms with Gasteiger partial charge in [0.2, 0.25) is 0 Å². The summed E-state index contributed by atoms with van der Waals surface area (Å²) < 4.78 is 0. The van der Waals surface area contributed by atoms with Gasteiger partial charge in [0.05, 0.1) is 6.54 Å². The molecule has 3 nitrogen and oxygen atoms in total. The maximum absolute atomic E-state index is 12.7. The van der Waals surface area contributed by atoms with Crippen LogP contribution in [0.1, 0.15) is 41.8 Å². The van der Waals surface area contributed by atoms with Crippen molar-refractivity contribution in [1.82, 2.24) is 4.90 Å². The van der Waals surface area contributed by atoms with Crippen LogP contribution in [-0.4, -0.2) is 30.4 Å². The molecule has 1 fully saturated rings. The predicted molar refractivity (Wildman–Crippen MR) is 86.0 cm³/mol. The molecule has 1 saturated heterocycles. The summed E-state index contributed by atoms with van der Waals surface area (Å²) >= 11 is 0. The van der Waals surface area contributed by atoms with Gasteiger partial charge in [-0.2, -0.15) is 0 Å². The van der Waals surface area contributed by atoms with Gasteiger partial charge >= 0.3 is 0 Å². The summed E-state index contributed by atoms with van der Waals surface area (Å²) in [5, 5.41) is 0. The van der Waals surface area contributed by atoms with Gasteiger partial charge in [0, 0.05) is 24.2 Å². The van der Waals surface area contributed by atoms with Gasteiger partial charge in [-0.1, -0.05) is 25.7 Å². The topological polar surface area (TPSA) is 46.3 Å². The second kappa shape index (κ2) is 6.78. The second-order valence-electron chi connectivity index (χ2n) is 6.25. The van der Waals surface area contributed by atoms with Crippen LogP contribution in [0.4, 0.5) is 0 Å². The number of carbonyl (C=O) groups is 1. The molecule has 112 valence electrons. The number of benzene rings is 1. The van der Waals surface area contributed by atoms with E-state index in [9.17, 15) is 4.79 Å². The molecule has 0 aromatic heterocycles. The molecule has 2 unspecified atom stereocenters. The Morgan fingerprint density at radius 3 is 2.57 bits per heavy atom. The first kappa shape index (κ1) is 15.6. The van der Waals surface area contributed by atoms with Crippen LogP contribution >= 0.6 is 0 Å². The number of rotatable bonds is 1. The van der Waals surface area contributed by atoms with E-state index in [1.807, 2.05) is 30.0 Å². The average Bonchev–Trinajstić information content (AvgIpc) is 2.42. The lowest BCUT2D eigenvalue weighted by atomic mass is 9.91. The zero-order valence-electron chi connectivity index (χ0n) is 13.1. The molecule has 1 aliphatic rings. The highest BCUT2D eigenvalue weighted by molar-refractivity contribution is 5.95. The Morgan fingerprint density at radius 2 is 1.95 bits per heavy atom. The van der Waals surface area contributed by atoms with Gasteiger partial charge in [0.25, 0.3) is 5.91 Å². The molecule has 0 bridgehead atoms. The summed E-state index contributed by atoms with van der Waals surface area (Å²) in [7, 11) is 0. The Kier molecular flexibility index (Phi) is 5.03. The lowest BCUT2D eigenvalue weighted by molar-refractivity contribution is 0.0623. The van der Waals surface area contributed by atoms with Gasteiger partial charge in [-0.15, -0.1) is 0 Å². The van der Waals surface area contributed by atoms with Crippen LogP contribution in [0.5, 0.6) is 0 Å². The van der Waals surface area contributed by atoms with Gasteiger partial charge in [-0.3, -0.25) is 4.79 Å². The monoisotopic (exact) mass is 284 g/mol. The van der Waals surface area contributed by atoms with E-state index in [1.54, 1.807) is 0 Å². The van der Waals surface area contributed by atoms with Crippen molar-refractivity contribution in [1.29, 1.82) is 0 Å². The number of amides is 1. The number of nitrogens with two attached hydrogens (primary N) is 1. The Hall–Kier alpha value is -1.79. The van der Waals surface area contributed by atoms with Crippen molar-refractivity contribution >= 4 is 5.91 Å². The van der Waals surface area contributed by atoms with Gasteiger partial charge in [-0.25, -0.2) is 0 Å². The smallest absolute Gasteiger partial charge is 0.253 e. The first-order valence-corrected chi connectivity index (χ1v) is 7.59. The van der Waals surface area contributed by atoms with E-state index in [0.717, 1.165) is 29.8 Å². The molecule has 2 atom stereocenters. The first-order chi connectivity index (χ1) is 9.99. The number of hydrogen-bond donors (Lipinski definition) is 1. The largest absolute Gasteiger partial charge is 0.338 e. The third-order valence-electron chi connectivity index (χ3n) is 3.82. The quantitative estimate of drug-likeness (QED) is 0.805. The van der Waals surface area contributed by atoms with E-state index >= 15 is 0 Å². The van der Waals surface area contributed by atoms with E-state index in [1.165, 1.54) is 6.42 Å². The van der Waals surface area contributed by atoms with Crippen molar-refractivity contribution < 1.29 is 4.79 Å². The molecule has 2 N–H and O–H groups in total. The van der Waals surface area contributed by atoms with Crippen LogP contribution in [0.2, 0.25) is 0 Å². The summed E-state index contributed by atoms with van der Waals surface area (Å²) in [5.74, 6) is 7.12. The molecule has 1 aromatic carbocycles. The van der Waals surface area contributed by atoms with E-state index in [4.69, 9.17) is 5.73 Å². The summed E-state index contributed by atoms with van der Waals surface area (Å²) in [6.45, 7) is 8.45. The van der Waals surface area contributed by atoms with E-state index < -0.39 is 0 Å². The lowest BCUT2D eigenvalue weighted by Crippen LogP contribution is -2.42. The minimum atomic E-state index is 0.118. The highest BCUT2D eigenvalue weighted by Gasteiger charge is 2.26. The van der Waals surface area contributed by atoms with Gasteiger partial charge in [0.15, 0.2) is 0 Å². The SMILES string of the molecule is Cc1cc(C#CCN)cc(C(=O)N2CC(C)CC(C)C2)c1. The molecule has 2 rings (SSSR count). The molecule has 3 heteroatoms. The molecule has 0 radical (unpaired) electrons. The molecule has 1 aliphatic heterocycles. The van der Waals surface area contributed by atoms with Crippen LogP contribution in [0, 0.1) is 30.6 Å². The Morgan fingerprint density at radius 1 is 1.29 bits per heavy atom. The van der Waals surface area contributed by atoms with E-state index in [2.05, 4.69) is 25.7 Å². The number of nitrogens with zero attached hydrogens (tertiary/aromatic N) is 1. The molecular formula is C18H24N2O. The van der Waals surface area contributed by atoms with Crippen molar-refractivity contribution in [3.63, 3.8) is 0 Å². The van der Waals surface area contributed by atoms with Gasteiger partial charge in [-0.05, 0) is 48.9 Å². The maximum Gasteiger partial charge on any atom is 0.253 e. The van der Waals surface area contributed by atoms with Crippen LogP contribution in [-0.2, 0) is 0 Å². The number of hydrogen-bond acceptors (Lipinski definition) is 2. The zero-order chi connectivity index (χ0) is 15.4. The van der Waals surface area contributed by atoms with Crippen molar-refractivity contribution in [3.8, 4) is 11.8 Å². The minimum Gasteiger partial charge on any atom is -0.338 e. The summed E-state index contributed by atoms with van der Waals surface area (Å²) in [5.41, 5.74) is 8.06. The fraction of sp³-hybridized carbons (Fsp3) is 0.500. The number of aryl methyl sites for hydroxylation is 1. The number of carbonyl (C=O) groups excluding carboxylic acids is 1. The summed E-state index contributed by atoms with van der Waals surface area (Å²) in [6.07, 6.45) is 1.20. The minimum absolute atomic E-state index is 0.118. The van der Waals surface area contributed by atoms with Crippen LogP contribution in [0.15, 0.2) is 18.2 Å². The van der Waals surface area contributed by atoms with Crippen LogP contribution in [0.3, 0.4) is 0 Å². The van der Waals surface area contributed by atoms with E-state index in [0.29, 0.717) is 18.4 Å². The fourth-order valence-electron chi connectivity index (χ4n) is 3.14. The molecule has 1 aromatic rings. The Balaban J connectivity index is 2.24. The van der Waals surface area contributed by atoms with Crippen molar-refractivity contribution in [2.45, 2.75) is 27.2 Å². The molecule has 0 saturated carbocycles. The summed E-state index contributed by atoms with van der Waals surface area (Å²) in [6, 6.07) is 5.81. The number of likely N-dealkylation sites (tertiary alicyclic amines) is 1. The Bertz CT molecular complexity index is 573. The van der Waals surface area contributed by atoms with Crippen LogP contribution in [0.25, 0.3) is 0 Å². The second-order valence-corrected chi connectivity index (χ2v) is 6.25. The highest BCUT2D eigenvalue weighted by Crippen LogP contribution is 2.23. The molecule has 21 heavy (non-hydrogen) atoms. The number of piperidine rings is 1. The molecular weight excluding hydrogens is 260 g/mol. The first-order valence-electron chi connectivity index (χ1n) is 7.59. The van der Waals surface area contributed by atoms with Crippen molar-refractivity contribution in [2.24, 2.45) is 17.6 Å². The molecule has 1 amide bonds. The molecule has 0 spiro atoms. The molecule has 1 heterocycles. The normalized spacial score (nSPS) is 21.6. The van der Waals surface area contributed by atoms with Gasteiger partial charge < -0.3 is 10.6 Å². The highest BCUT2D eigenvalue weighted by atomic mass is 16.2. The van der Waals surface area contributed by atoms with Gasteiger partial charge in [0.1, 0.15) is 0 Å². The lowest BCUT2D eigenvalue weighted by Gasteiger charge is -2.35. The van der Waals surface area contributed by atoms with E-state index in [-0.39, 0.29) is 5.91 Å². The maximum atomic E-state index is 12.7. The fourth-order valence-corrected chi connectivity index (χ4v) is 3.14. The van der Waals surface area contributed by atoms with Crippen LogP contribution < -0.4 is 5.73 Å². The Labute approximate surface area is 127 Å². The predicted octanol–water partition coefficient (Wildman–Crippen LogP) is 2.42. The zero-order valence-corrected chi connectivity index (χ0v) is 13.1. The average molecular weight is 284 g/mol. The molecule has 0 aliphatic carbocycles. The standard InChI is InChI=1S/C18H24N2O/c1-13-8-16(5-4-6-19)10-17(9-13)18(21)20-11-14(2)7-15(3)12-20/h8-10,14-15H,6-7,11-12,19H2,1-3H3. The van der Waals surface area contributed by atoms with Crippen molar-refractivity contribution in [3.05, 3.63) is 34.9 Å².